The van der Waals surface area contributed by atoms with E-state index in [-0.39, 0.29) is 5.60 Å². The minimum absolute atomic E-state index is 0.292. The standard InChI is InChI=1S/C20H26N4O3/c1-13-12-22-19(23-18(13)21)24-7-5-20(6-8-24)15-11-17(26-3)16(25-2)10-14(15)4-9-27-20/h10-12H,4-9H2,1-3H3,(H2,21,22,23). The van der Waals surface area contributed by atoms with Gasteiger partial charge >= 0.3 is 0 Å². The molecular weight excluding hydrogens is 344 g/mol. The Labute approximate surface area is 159 Å². The number of nitrogens with zero attached hydrogens (tertiary/aromatic N) is 3. The molecule has 27 heavy (non-hydrogen) atoms. The minimum atomic E-state index is -0.292. The summed E-state index contributed by atoms with van der Waals surface area (Å²) in [6.45, 7) is 4.27. The summed E-state index contributed by atoms with van der Waals surface area (Å²) in [6, 6.07) is 4.18. The zero-order valence-corrected chi connectivity index (χ0v) is 16.1. The molecule has 2 aromatic rings. The number of hydrogen-bond acceptors (Lipinski definition) is 7. The Kier molecular flexibility index (Phi) is 4.55. The topological polar surface area (TPSA) is 82.7 Å². The molecule has 0 aliphatic carbocycles. The number of ether oxygens (including phenoxy) is 3. The van der Waals surface area contributed by atoms with E-state index in [4.69, 9.17) is 19.9 Å². The van der Waals surface area contributed by atoms with Gasteiger partial charge in [-0.25, -0.2) is 4.98 Å². The molecule has 0 bridgehead atoms. The lowest BCUT2D eigenvalue weighted by molar-refractivity contribution is -0.0769. The Bertz CT molecular complexity index is 847. The average molecular weight is 370 g/mol. The quantitative estimate of drug-likeness (QED) is 0.888. The molecule has 1 aromatic carbocycles. The summed E-state index contributed by atoms with van der Waals surface area (Å²) in [5, 5.41) is 0. The van der Waals surface area contributed by atoms with Gasteiger partial charge in [-0.15, -0.1) is 0 Å². The van der Waals surface area contributed by atoms with Crippen LogP contribution in [-0.2, 0) is 16.8 Å². The highest BCUT2D eigenvalue weighted by Crippen LogP contribution is 2.45. The Balaban J connectivity index is 1.61. The lowest BCUT2D eigenvalue weighted by Gasteiger charge is -2.45. The molecule has 2 N–H and O–H groups in total. The highest BCUT2D eigenvalue weighted by Gasteiger charge is 2.42. The molecule has 1 saturated heterocycles. The van der Waals surface area contributed by atoms with Crippen LogP contribution in [0.5, 0.6) is 11.5 Å². The van der Waals surface area contributed by atoms with Crippen LogP contribution in [0.25, 0.3) is 0 Å². The summed E-state index contributed by atoms with van der Waals surface area (Å²) in [5.41, 5.74) is 9.07. The van der Waals surface area contributed by atoms with Crippen molar-refractivity contribution in [1.29, 1.82) is 0 Å². The first kappa shape index (κ1) is 17.9. The summed E-state index contributed by atoms with van der Waals surface area (Å²) < 4.78 is 17.3. The molecule has 0 amide bonds. The van der Waals surface area contributed by atoms with Crippen molar-refractivity contribution in [2.45, 2.75) is 31.8 Å². The van der Waals surface area contributed by atoms with Crippen molar-refractivity contribution in [2.24, 2.45) is 0 Å². The smallest absolute Gasteiger partial charge is 0.227 e. The summed E-state index contributed by atoms with van der Waals surface area (Å²) >= 11 is 0. The van der Waals surface area contributed by atoms with E-state index in [1.165, 1.54) is 11.1 Å². The third kappa shape index (κ3) is 3.06. The highest BCUT2D eigenvalue weighted by molar-refractivity contribution is 5.51. The summed E-state index contributed by atoms with van der Waals surface area (Å²) in [6.07, 6.45) is 4.41. The van der Waals surface area contributed by atoms with E-state index in [0.717, 1.165) is 56.0 Å². The average Bonchev–Trinajstić information content (AvgIpc) is 2.70. The predicted molar refractivity (Wildman–Crippen MR) is 104 cm³/mol. The first-order valence-electron chi connectivity index (χ1n) is 9.30. The van der Waals surface area contributed by atoms with Gasteiger partial charge in [0.1, 0.15) is 5.82 Å². The monoisotopic (exact) mass is 370 g/mol. The third-order valence-electron chi connectivity index (χ3n) is 5.70. The predicted octanol–water partition coefficient (Wildman–Crippen LogP) is 2.45. The number of benzene rings is 1. The number of nitrogens with two attached hydrogens (primary N) is 1. The van der Waals surface area contributed by atoms with Crippen LogP contribution in [-0.4, -0.2) is 43.9 Å². The number of fused-ring (bicyclic) bond motifs is 2. The number of nitrogen functional groups attached to an aromatic ring is 1. The Morgan fingerprint density at radius 1 is 1.15 bits per heavy atom. The fourth-order valence-electron chi connectivity index (χ4n) is 4.07. The summed E-state index contributed by atoms with van der Waals surface area (Å²) in [5.74, 6) is 2.75. The van der Waals surface area contributed by atoms with Crippen molar-refractivity contribution < 1.29 is 14.2 Å². The molecule has 0 radical (unpaired) electrons. The molecule has 0 unspecified atom stereocenters. The first-order chi connectivity index (χ1) is 13.1. The maximum atomic E-state index is 6.34. The van der Waals surface area contributed by atoms with Crippen LogP contribution in [0.2, 0.25) is 0 Å². The normalized spacial score (nSPS) is 18.3. The van der Waals surface area contributed by atoms with E-state index < -0.39 is 0 Å². The number of rotatable bonds is 3. The molecule has 0 atom stereocenters. The fraction of sp³-hybridized carbons (Fsp3) is 0.500. The largest absolute Gasteiger partial charge is 0.493 e. The lowest BCUT2D eigenvalue weighted by Crippen LogP contribution is -2.47. The van der Waals surface area contributed by atoms with Crippen LogP contribution in [0.3, 0.4) is 0 Å². The molecule has 0 saturated carbocycles. The molecule has 1 spiro atoms. The molecule has 3 heterocycles. The van der Waals surface area contributed by atoms with Gasteiger partial charge in [0, 0.05) is 24.8 Å². The minimum Gasteiger partial charge on any atom is -0.493 e. The van der Waals surface area contributed by atoms with E-state index >= 15 is 0 Å². The molecule has 7 nitrogen and oxygen atoms in total. The van der Waals surface area contributed by atoms with Crippen LogP contribution in [0, 0.1) is 6.92 Å². The number of hydrogen-bond donors (Lipinski definition) is 1. The molecule has 144 valence electrons. The molecule has 2 aliphatic heterocycles. The molecule has 4 rings (SSSR count). The van der Waals surface area contributed by atoms with Crippen LogP contribution in [0.15, 0.2) is 18.3 Å². The lowest BCUT2D eigenvalue weighted by atomic mass is 9.79. The number of aryl methyl sites for hydroxylation is 1. The Morgan fingerprint density at radius 3 is 2.52 bits per heavy atom. The summed E-state index contributed by atoms with van der Waals surface area (Å²) in [4.78, 5) is 11.1. The summed E-state index contributed by atoms with van der Waals surface area (Å²) in [7, 11) is 3.34. The Morgan fingerprint density at radius 2 is 1.85 bits per heavy atom. The number of methoxy groups -OCH3 is 2. The molecular formula is C20H26N4O3. The second-order valence-corrected chi connectivity index (χ2v) is 7.18. The van der Waals surface area contributed by atoms with E-state index in [0.29, 0.717) is 11.8 Å². The van der Waals surface area contributed by atoms with Gasteiger partial charge in [-0.05, 0) is 49.4 Å². The third-order valence-corrected chi connectivity index (χ3v) is 5.70. The van der Waals surface area contributed by atoms with Crippen molar-refractivity contribution in [3.8, 4) is 11.5 Å². The second kappa shape index (κ2) is 6.88. The molecule has 7 heteroatoms. The van der Waals surface area contributed by atoms with E-state index in [9.17, 15) is 0 Å². The fourth-order valence-corrected chi connectivity index (χ4v) is 4.07. The van der Waals surface area contributed by atoms with Gasteiger partial charge in [0.25, 0.3) is 0 Å². The van der Waals surface area contributed by atoms with Crippen LogP contribution < -0.4 is 20.1 Å². The van der Waals surface area contributed by atoms with Crippen LogP contribution in [0.1, 0.15) is 29.5 Å². The molecule has 1 aromatic heterocycles. The Hall–Kier alpha value is -2.54. The van der Waals surface area contributed by atoms with E-state index in [1.807, 2.05) is 6.92 Å². The van der Waals surface area contributed by atoms with Crippen molar-refractivity contribution >= 4 is 11.8 Å². The van der Waals surface area contributed by atoms with E-state index in [1.54, 1.807) is 20.4 Å². The SMILES string of the molecule is COc1cc2c(cc1OC)C1(CCN(c3ncc(C)c(N)n3)CC1)OCC2. The second-order valence-electron chi connectivity index (χ2n) is 7.18. The molecule has 2 aliphatic rings. The van der Waals surface area contributed by atoms with Crippen molar-refractivity contribution in [3.63, 3.8) is 0 Å². The van der Waals surface area contributed by atoms with E-state index in [2.05, 4.69) is 27.0 Å². The maximum absolute atomic E-state index is 6.34. The van der Waals surface area contributed by atoms with Gasteiger partial charge in [0.05, 0.1) is 26.4 Å². The number of anilines is 2. The van der Waals surface area contributed by atoms with Gasteiger partial charge in [0.15, 0.2) is 11.5 Å². The molecule has 1 fully saturated rings. The number of piperidine rings is 1. The maximum Gasteiger partial charge on any atom is 0.227 e. The van der Waals surface area contributed by atoms with Crippen LogP contribution in [0.4, 0.5) is 11.8 Å². The number of aromatic nitrogens is 2. The zero-order valence-electron chi connectivity index (χ0n) is 16.1. The highest BCUT2D eigenvalue weighted by atomic mass is 16.5. The van der Waals surface area contributed by atoms with Crippen molar-refractivity contribution in [1.82, 2.24) is 9.97 Å². The van der Waals surface area contributed by atoms with Gasteiger partial charge in [-0.1, -0.05) is 0 Å². The first-order valence-corrected chi connectivity index (χ1v) is 9.30. The van der Waals surface area contributed by atoms with Gasteiger partial charge in [-0.2, -0.15) is 4.98 Å². The van der Waals surface area contributed by atoms with Crippen molar-refractivity contribution in [2.75, 3.05) is 44.5 Å². The van der Waals surface area contributed by atoms with Gasteiger partial charge < -0.3 is 24.8 Å². The van der Waals surface area contributed by atoms with Gasteiger partial charge in [-0.3, -0.25) is 0 Å². The van der Waals surface area contributed by atoms with Gasteiger partial charge in [0.2, 0.25) is 5.95 Å². The zero-order chi connectivity index (χ0) is 19.0. The van der Waals surface area contributed by atoms with Crippen LogP contribution >= 0.6 is 0 Å². The van der Waals surface area contributed by atoms with Crippen molar-refractivity contribution in [3.05, 3.63) is 35.0 Å².